The highest BCUT2D eigenvalue weighted by atomic mass is 16.1. The first-order valence-corrected chi connectivity index (χ1v) is 6.92. The number of ketones is 1. The van der Waals surface area contributed by atoms with Crippen molar-refractivity contribution in [1.29, 1.82) is 0 Å². The maximum absolute atomic E-state index is 12.2. The summed E-state index contributed by atoms with van der Waals surface area (Å²) in [5, 5.41) is 2.97. The Labute approximate surface area is 129 Å². The summed E-state index contributed by atoms with van der Waals surface area (Å²) in [7, 11) is 0. The number of amides is 1. The van der Waals surface area contributed by atoms with Crippen molar-refractivity contribution in [2.45, 2.75) is 13.8 Å². The van der Waals surface area contributed by atoms with Gasteiger partial charge in [0.25, 0.3) is 0 Å². The molecule has 112 valence electrons. The number of nitrogens with two attached hydrogens (primary N) is 1. The molecule has 3 N–H and O–H groups in total. The van der Waals surface area contributed by atoms with Crippen molar-refractivity contribution in [2.75, 3.05) is 5.32 Å². The molecule has 0 aromatic heterocycles. The number of benzene rings is 2. The van der Waals surface area contributed by atoms with Crippen LogP contribution in [-0.4, -0.2) is 11.7 Å². The van der Waals surface area contributed by atoms with Gasteiger partial charge in [-0.3, -0.25) is 9.59 Å². The zero-order valence-electron chi connectivity index (χ0n) is 12.6. The molecule has 4 nitrogen and oxygen atoms in total. The van der Waals surface area contributed by atoms with E-state index in [0.717, 1.165) is 11.1 Å². The van der Waals surface area contributed by atoms with E-state index in [-0.39, 0.29) is 5.78 Å². The summed E-state index contributed by atoms with van der Waals surface area (Å²) in [4.78, 5) is 23.3. The lowest BCUT2D eigenvalue weighted by Crippen LogP contribution is -2.10. The number of primary amides is 1. The van der Waals surface area contributed by atoms with Crippen molar-refractivity contribution in [1.82, 2.24) is 0 Å². The summed E-state index contributed by atoms with van der Waals surface area (Å²) in [6.45, 7) is 3.86. The van der Waals surface area contributed by atoms with Crippen LogP contribution >= 0.6 is 0 Å². The standard InChI is InChI=1S/C18H18N2O2/c1-12-6-7-13(2)16(10-12)17(21)8-9-20-15-5-3-4-14(11-15)18(19)22/h3-11,20H,1-2H3,(H2,19,22)/b9-8+. The third-order valence-electron chi connectivity index (χ3n) is 3.29. The molecule has 0 aliphatic rings. The number of aryl methyl sites for hydroxylation is 2. The maximum atomic E-state index is 12.2. The molecule has 2 rings (SSSR count). The molecule has 0 aliphatic heterocycles. The summed E-state index contributed by atoms with van der Waals surface area (Å²) in [5.74, 6) is -0.557. The van der Waals surface area contributed by atoms with Crippen LogP contribution < -0.4 is 11.1 Å². The lowest BCUT2D eigenvalue weighted by molar-refractivity contribution is 0.0998. The molecule has 0 unspecified atom stereocenters. The second-order valence-corrected chi connectivity index (χ2v) is 5.11. The van der Waals surface area contributed by atoms with E-state index in [1.54, 1.807) is 30.5 Å². The number of anilines is 1. The zero-order valence-corrected chi connectivity index (χ0v) is 12.6. The van der Waals surface area contributed by atoms with Crippen LogP contribution in [0.1, 0.15) is 31.8 Å². The van der Waals surface area contributed by atoms with Crippen LogP contribution in [0.15, 0.2) is 54.7 Å². The molecule has 0 heterocycles. The van der Waals surface area contributed by atoms with Crippen LogP contribution in [0, 0.1) is 13.8 Å². The van der Waals surface area contributed by atoms with Crippen LogP contribution in [0.2, 0.25) is 0 Å². The third kappa shape index (κ3) is 3.82. The van der Waals surface area contributed by atoms with Gasteiger partial charge in [-0.15, -0.1) is 0 Å². The number of hydrogen-bond acceptors (Lipinski definition) is 3. The second kappa shape index (κ2) is 6.72. The van der Waals surface area contributed by atoms with E-state index in [4.69, 9.17) is 5.73 Å². The minimum absolute atomic E-state index is 0.0697. The molecule has 22 heavy (non-hydrogen) atoms. The summed E-state index contributed by atoms with van der Waals surface area (Å²) in [6, 6.07) is 12.6. The highest BCUT2D eigenvalue weighted by molar-refractivity contribution is 6.05. The van der Waals surface area contributed by atoms with Gasteiger partial charge in [-0.05, 0) is 43.7 Å². The maximum Gasteiger partial charge on any atom is 0.248 e. The summed E-state index contributed by atoms with van der Waals surface area (Å²) in [6.07, 6.45) is 3.03. The fourth-order valence-electron chi connectivity index (χ4n) is 2.07. The number of nitrogens with one attached hydrogen (secondary N) is 1. The number of hydrogen-bond donors (Lipinski definition) is 2. The van der Waals surface area contributed by atoms with E-state index in [1.165, 1.54) is 6.08 Å². The number of carbonyl (C=O) groups is 2. The van der Waals surface area contributed by atoms with E-state index >= 15 is 0 Å². The molecule has 0 radical (unpaired) electrons. The molecule has 0 bridgehead atoms. The second-order valence-electron chi connectivity index (χ2n) is 5.11. The van der Waals surface area contributed by atoms with E-state index in [0.29, 0.717) is 16.8 Å². The SMILES string of the molecule is Cc1ccc(C)c(C(=O)/C=C/Nc2cccc(C(N)=O)c2)c1. The first kappa shape index (κ1) is 15.5. The minimum atomic E-state index is -0.487. The van der Waals surface area contributed by atoms with Gasteiger partial charge in [-0.2, -0.15) is 0 Å². The molecule has 0 aliphatic carbocycles. The number of allylic oxidation sites excluding steroid dienone is 1. The normalized spacial score (nSPS) is 10.6. The predicted molar refractivity (Wildman–Crippen MR) is 88.0 cm³/mol. The van der Waals surface area contributed by atoms with E-state index < -0.39 is 5.91 Å². The van der Waals surface area contributed by atoms with Crippen LogP contribution in [-0.2, 0) is 0 Å². The number of carbonyl (C=O) groups excluding carboxylic acids is 2. The van der Waals surface area contributed by atoms with E-state index in [2.05, 4.69) is 5.32 Å². The summed E-state index contributed by atoms with van der Waals surface area (Å²) in [5.41, 5.74) is 9.01. The van der Waals surface area contributed by atoms with Crippen LogP contribution in [0.4, 0.5) is 5.69 Å². The molecule has 0 saturated heterocycles. The molecular formula is C18H18N2O2. The zero-order chi connectivity index (χ0) is 16.1. The Kier molecular flexibility index (Phi) is 4.73. The Balaban J connectivity index is 2.09. The van der Waals surface area contributed by atoms with Gasteiger partial charge in [-0.25, -0.2) is 0 Å². The monoisotopic (exact) mass is 294 g/mol. The predicted octanol–water partition coefficient (Wildman–Crippen LogP) is 3.21. The van der Waals surface area contributed by atoms with Crippen LogP contribution in [0.5, 0.6) is 0 Å². The Morgan fingerprint density at radius 2 is 1.86 bits per heavy atom. The summed E-state index contributed by atoms with van der Waals surface area (Å²) < 4.78 is 0. The highest BCUT2D eigenvalue weighted by Crippen LogP contribution is 2.13. The Bertz CT molecular complexity index is 749. The largest absolute Gasteiger partial charge is 0.366 e. The van der Waals surface area contributed by atoms with Gasteiger partial charge < -0.3 is 11.1 Å². The first-order chi connectivity index (χ1) is 10.5. The van der Waals surface area contributed by atoms with Crippen molar-refractivity contribution in [3.05, 3.63) is 77.0 Å². The quantitative estimate of drug-likeness (QED) is 0.657. The smallest absolute Gasteiger partial charge is 0.248 e. The van der Waals surface area contributed by atoms with Gasteiger partial charge in [0.05, 0.1) is 0 Å². The Morgan fingerprint density at radius 3 is 2.59 bits per heavy atom. The highest BCUT2D eigenvalue weighted by Gasteiger charge is 2.05. The average molecular weight is 294 g/mol. The summed E-state index contributed by atoms with van der Waals surface area (Å²) >= 11 is 0. The molecule has 0 fully saturated rings. The lowest BCUT2D eigenvalue weighted by atomic mass is 10.0. The van der Waals surface area contributed by atoms with E-state index in [1.807, 2.05) is 32.0 Å². The van der Waals surface area contributed by atoms with Gasteiger partial charge in [0.1, 0.15) is 0 Å². The lowest BCUT2D eigenvalue weighted by Gasteiger charge is -2.04. The fourth-order valence-corrected chi connectivity index (χ4v) is 2.07. The fraction of sp³-hybridized carbons (Fsp3) is 0.111. The third-order valence-corrected chi connectivity index (χ3v) is 3.29. The average Bonchev–Trinajstić information content (AvgIpc) is 2.50. The first-order valence-electron chi connectivity index (χ1n) is 6.92. The molecule has 2 aromatic rings. The van der Waals surface area contributed by atoms with Crippen molar-refractivity contribution >= 4 is 17.4 Å². The minimum Gasteiger partial charge on any atom is -0.366 e. The topological polar surface area (TPSA) is 72.2 Å². The van der Waals surface area contributed by atoms with Crippen molar-refractivity contribution in [3.8, 4) is 0 Å². The molecule has 4 heteroatoms. The molecule has 2 aromatic carbocycles. The van der Waals surface area contributed by atoms with Gasteiger partial charge in [0.15, 0.2) is 5.78 Å². The van der Waals surface area contributed by atoms with Gasteiger partial charge in [-0.1, -0.05) is 23.8 Å². The van der Waals surface area contributed by atoms with Crippen LogP contribution in [0.25, 0.3) is 0 Å². The van der Waals surface area contributed by atoms with Crippen molar-refractivity contribution in [2.24, 2.45) is 5.73 Å². The van der Waals surface area contributed by atoms with E-state index in [9.17, 15) is 9.59 Å². The molecule has 1 amide bonds. The Hall–Kier alpha value is -2.88. The molecule has 0 saturated carbocycles. The molecular weight excluding hydrogens is 276 g/mol. The van der Waals surface area contributed by atoms with Gasteiger partial charge >= 0.3 is 0 Å². The van der Waals surface area contributed by atoms with Crippen molar-refractivity contribution in [3.63, 3.8) is 0 Å². The van der Waals surface area contributed by atoms with Gasteiger partial charge in [0, 0.05) is 29.1 Å². The van der Waals surface area contributed by atoms with Crippen molar-refractivity contribution < 1.29 is 9.59 Å². The molecule has 0 atom stereocenters. The Morgan fingerprint density at radius 1 is 1.09 bits per heavy atom. The van der Waals surface area contributed by atoms with Gasteiger partial charge in [0.2, 0.25) is 5.91 Å². The molecule has 0 spiro atoms. The number of rotatable bonds is 5. The van der Waals surface area contributed by atoms with Crippen LogP contribution in [0.3, 0.4) is 0 Å².